The van der Waals surface area contributed by atoms with Crippen LogP contribution in [0.15, 0.2) is 54.7 Å². The quantitative estimate of drug-likeness (QED) is 0.757. The predicted octanol–water partition coefficient (Wildman–Crippen LogP) is 4.31. The summed E-state index contributed by atoms with van der Waals surface area (Å²) < 4.78 is 1.76. The van der Waals surface area contributed by atoms with E-state index in [0.29, 0.717) is 11.4 Å². The molecule has 3 aromatic rings. The van der Waals surface area contributed by atoms with Crippen LogP contribution in [0.1, 0.15) is 29.0 Å². The fourth-order valence-electron chi connectivity index (χ4n) is 3.25. The highest BCUT2D eigenvalue weighted by atomic mass is 35.5. The van der Waals surface area contributed by atoms with Crippen molar-refractivity contribution in [3.8, 4) is 5.69 Å². The van der Waals surface area contributed by atoms with E-state index in [1.165, 1.54) is 11.1 Å². The standard InChI is InChI=1S/C19H16ClN3O/c1-12-4-2-3-5-15(12)16-10-18(24)22-19-17(16)11-21-23(19)14-8-6-13(20)7-9-14/h2-9,11,16H,10H2,1H3,(H,22,24)/t16-/m1/s1. The lowest BCUT2D eigenvalue weighted by molar-refractivity contribution is -0.116. The molecule has 1 aliphatic rings. The predicted molar refractivity (Wildman–Crippen MR) is 94.8 cm³/mol. The van der Waals surface area contributed by atoms with E-state index in [9.17, 15) is 4.79 Å². The van der Waals surface area contributed by atoms with Gasteiger partial charge in [-0.25, -0.2) is 4.68 Å². The minimum absolute atomic E-state index is 0.00599. The Hall–Kier alpha value is -2.59. The topological polar surface area (TPSA) is 46.9 Å². The summed E-state index contributed by atoms with van der Waals surface area (Å²) in [6.45, 7) is 2.07. The number of fused-ring (bicyclic) bond motifs is 1. The van der Waals surface area contributed by atoms with Gasteiger partial charge in [0.05, 0.1) is 11.9 Å². The number of rotatable bonds is 2. The molecule has 5 heteroatoms. The Bertz CT molecular complexity index is 915. The van der Waals surface area contributed by atoms with Gasteiger partial charge in [0.15, 0.2) is 0 Å². The molecule has 0 fully saturated rings. The highest BCUT2D eigenvalue weighted by Gasteiger charge is 2.30. The molecule has 0 spiro atoms. The highest BCUT2D eigenvalue weighted by molar-refractivity contribution is 6.30. The van der Waals surface area contributed by atoms with Crippen molar-refractivity contribution in [3.63, 3.8) is 0 Å². The van der Waals surface area contributed by atoms with Crippen molar-refractivity contribution in [2.45, 2.75) is 19.3 Å². The molecule has 4 nitrogen and oxygen atoms in total. The molecule has 0 aliphatic carbocycles. The maximum Gasteiger partial charge on any atom is 0.226 e. The van der Waals surface area contributed by atoms with Gasteiger partial charge in [-0.05, 0) is 42.3 Å². The van der Waals surface area contributed by atoms with Crippen molar-refractivity contribution >= 4 is 23.3 Å². The van der Waals surface area contributed by atoms with E-state index in [4.69, 9.17) is 11.6 Å². The van der Waals surface area contributed by atoms with Gasteiger partial charge in [0.25, 0.3) is 0 Å². The first-order valence-corrected chi connectivity index (χ1v) is 8.20. The zero-order chi connectivity index (χ0) is 16.7. The number of hydrogen-bond donors (Lipinski definition) is 1. The van der Waals surface area contributed by atoms with Crippen molar-refractivity contribution in [1.29, 1.82) is 0 Å². The van der Waals surface area contributed by atoms with E-state index in [2.05, 4.69) is 29.5 Å². The van der Waals surface area contributed by atoms with Crippen molar-refractivity contribution in [1.82, 2.24) is 9.78 Å². The SMILES string of the molecule is Cc1ccccc1[C@H]1CC(=O)Nc2c1cnn2-c1ccc(Cl)cc1. The van der Waals surface area contributed by atoms with Crippen LogP contribution in [0.3, 0.4) is 0 Å². The number of nitrogens with one attached hydrogen (secondary N) is 1. The molecule has 1 amide bonds. The number of amides is 1. The van der Waals surface area contributed by atoms with E-state index < -0.39 is 0 Å². The molecule has 0 bridgehead atoms. The largest absolute Gasteiger partial charge is 0.310 e. The molecule has 1 N–H and O–H groups in total. The monoisotopic (exact) mass is 337 g/mol. The van der Waals surface area contributed by atoms with Crippen molar-refractivity contribution in [3.05, 3.63) is 76.4 Å². The van der Waals surface area contributed by atoms with Gasteiger partial charge in [0.1, 0.15) is 5.82 Å². The summed E-state index contributed by atoms with van der Waals surface area (Å²) in [6, 6.07) is 15.6. The average Bonchev–Trinajstić information content (AvgIpc) is 2.99. The zero-order valence-electron chi connectivity index (χ0n) is 13.2. The van der Waals surface area contributed by atoms with E-state index in [1.54, 1.807) is 4.68 Å². The fourth-order valence-corrected chi connectivity index (χ4v) is 3.38. The molecule has 0 radical (unpaired) electrons. The van der Waals surface area contributed by atoms with E-state index in [-0.39, 0.29) is 11.8 Å². The normalized spacial score (nSPS) is 16.6. The Balaban J connectivity index is 1.83. The summed E-state index contributed by atoms with van der Waals surface area (Å²) in [7, 11) is 0. The van der Waals surface area contributed by atoms with Crippen LogP contribution in [0, 0.1) is 6.92 Å². The summed E-state index contributed by atoms with van der Waals surface area (Å²) in [5, 5.41) is 8.13. The van der Waals surface area contributed by atoms with Gasteiger partial charge in [-0.1, -0.05) is 35.9 Å². The van der Waals surface area contributed by atoms with Crippen LogP contribution >= 0.6 is 11.6 Å². The molecular formula is C19H16ClN3O. The molecule has 2 aromatic carbocycles. The molecule has 0 saturated heterocycles. The minimum Gasteiger partial charge on any atom is -0.310 e. The number of benzene rings is 2. The Labute approximate surface area is 145 Å². The number of aryl methyl sites for hydroxylation is 1. The minimum atomic E-state index is 0.00599. The lowest BCUT2D eigenvalue weighted by Gasteiger charge is -2.25. The maximum atomic E-state index is 12.3. The Morgan fingerprint density at radius 2 is 1.88 bits per heavy atom. The second kappa shape index (κ2) is 5.80. The lowest BCUT2D eigenvalue weighted by atomic mass is 9.85. The lowest BCUT2D eigenvalue weighted by Crippen LogP contribution is -2.25. The van der Waals surface area contributed by atoms with E-state index in [1.807, 2.05) is 42.6 Å². The van der Waals surface area contributed by atoms with Crippen LogP contribution in [0.25, 0.3) is 5.69 Å². The number of nitrogens with zero attached hydrogens (tertiary/aromatic N) is 2. The summed E-state index contributed by atoms with van der Waals surface area (Å²) >= 11 is 5.96. The third-order valence-electron chi connectivity index (χ3n) is 4.46. The Morgan fingerprint density at radius 1 is 1.12 bits per heavy atom. The molecule has 1 aromatic heterocycles. The number of carbonyl (C=O) groups is 1. The molecule has 120 valence electrons. The van der Waals surface area contributed by atoms with Crippen molar-refractivity contribution in [2.24, 2.45) is 0 Å². The number of hydrogen-bond acceptors (Lipinski definition) is 2. The van der Waals surface area contributed by atoms with Gasteiger partial charge in [0, 0.05) is 22.9 Å². The van der Waals surface area contributed by atoms with Crippen LogP contribution in [0.2, 0.25) is 5.02 Å². The van der Waals surface area contributed by atoms with Gasteiger partial charge < -0.3 is 5.32 Å². The smallest absolute Gasteiger partial charge is 0.226 e. The number of carbonyl (C=O) groups excluding carboxylic acids is 1. The van der Waals surface area contributed by atoms with Crippen LogP contribution in [-0.4, -0.2) is 15.7 Å². The third-order valence-corrected chi connectivity index (χ3v) is 4.71. The summed E-state index contributed by atoms with van der Waals surface area (Å²) in [4.78, 5) is 12.3. The first-order valence-electron chi connectivity index (χ1n) is 7.83. The zero-order valence-corrected chi connectivity index (χ0v) is 13.9. The van der Waals surface area contributed by atoms with Crippen LogP contribution in [-0.2, 0) is 4.79 Å². The number of halogens is 1. The fraction of sp³-hybridized carbons (Fsp3) is 0.158. The second-order valence-corrected chi connectivity index (χ2v) is 6.43. The van der Waals surface area contributed by atoms with Crippen molar-refractivity contribution < 1.29 is 4.79 Å². The maximum absolute atomic E-state index is 12.3. The molecule has 0 unspecified atom stereocenters. The van der Waals surface area contributed by atoms with Gasteiger partial charge >= 0.3 is 0 Å². The molecule has 4 rings (SSSR count). The first kappa shape index (κ1) is 15.0. The van der Waals surface area contributed by atoms with Crippen LogP contribution in [0.4, 0.5) is 5.82 Å². The first-order chi connectivity index (χ1) is 11.6. The van der Waals surface area contributed by atoms with Gasteiger partial charge in [-0.2, -0.15) is 5.10 Å². The van der Waals surface area contributed by atoms with Crippen LogP contribution < -0.4 is 5.32 Å². The molecule has 24 heavy (non-hydrogen) atoms. The third kappa shape index (κ3) is 2.49. The van der Waals surface area contributed by atoms with Gasteiger partial charge in [-0.15, -0.1) is 0 Å². The van der Waals surface area contributed by atoms with Gasteiger partial charge in [-0.3, -0.25) is 4.79 Å². The van der Waals surface area contributed by atoms with Gasteiger partial charge in [0.2, 0.25) is 5.91 Å². The molecule has 1 atom stereocenters. The van der Waals surface area contributed by atoms with Crippen molar-refractivity contribution in [2.75, 3.05) is 5.32 Å². The van der Waals surface area contributed by atoms with E-state index in [0.717, 1.165) is 17.1 Å². The Kier molecular flexibility index (Phi) is 3.62. The second-order valence-electron chi connectivity index (χ2n) is 6.00. The molecular weight excluding hydrogens is 322 g/mol. The Morgan fingerprint density at radius 3 is 2.62 bits per heavy atom. The van der Waals surface area contributed by atoms with E-state index >= 15 is 0 Å². The summed E-state index contributed by atoms with van der Waals surface area (Å²) in [5.41, 5.74) is 4.26. The molecule has 0 saturated carbocycles. The molecule has 1 aliphatic heterocycles. The summed E-state index contributed by atoms with van der Waals surface area (Å²) in [5.74, 6) is 0.768. The summed E-state index contributed by atoms with van der Waals surface area (Å²) in [6.07, 6.45) is 2.28. The molecule has 2 heterocycles. The number of anilines is 1. The highest BCUT2D eigenvalue weighted by Crippen LogP contribution is 2.39. The number of aromatic nitrogens is 2. The van der Waals surface area contributed by atoms with Crippen LogP contribution in [0.5, 0.6) is 0 Å². The average molecular weight is 338 g/mol.